The molecular weight excluding hydrogens is 336 g/mol. The molecule has 2 aromatic heterocycles. The highest BCUT2D eigenvalue weighted by Crippen LogP contribution is 2.33. The van der Waals surface area contributed by atoms with E-state index in [1.54, 1.807) is 20.3 Å². The van der Waals surface area contributed by atoms with E-state index in [0.29, 0.717) is 27.8 Å². The summed E-state index contributed by atoms with van der Waals surface area (Å²) in [5.41, 5.74) is 2.13. The maximum Gasteiger partial charge on any atom is 0.161 e. The summed E-state index contributed by atoms with van der Waals surface area (Å²) in [5, 5.41) is 12.0. The van der Waals surface area contributed by atoms with Crippen LogP contribution in [0.25, 0.3) is 22.9 Å². The van der Waals surface area contributed by atoms with Crippen molar-refractivity contribution >= 4 is 23.0 Å². The molecule has 3 rings (SSSR count). The van der Waals surface area contributed by atoms with Crippen LogP contribution in [0.5, 0.6) is 11.5 Å². The standard InChI is InChI=1S/C19H16N2O3S/c1-12-4-6-15(24-12)8-14(10-20)19-21-16(11-25-19)13-5-7-17(22-2)18(9-13)23-3/h4-9,11H,1-3H3. The number of allylic oxidation sites excluding steroid dienone is 1. The molecule has 0 saturated heterocycles. The Bertz CT molecular complexity index is 963. The van der Waals surface area contributed by atoms with Crippen molar-refractivity contribution in [2.24, 2.45) is 0 Å². The molecule has 25 heavy (non-hydrogen) atoms. The van der Waals surface area contributed by atoms with Gasteiger partial charge in [0.2, 0.25) is 0 Å². The average Bonchev–Trinajstić information content (AvgIpc) is 3.28. The van der Waals surface area contributed by atoms with Gasteiger partial charge < -0.3 is 13.9 Å². The van der Waals surface area contributed by atoms with E-state index in [1.807, 2.05) is 42.6 Å². The van der Waals surface area contributed by atoms with E-state index in [2.05, 4.69) is 11.1 Å². The zero-order valence-corrected chi connectivity index (χ0v) is 14.9. The SMILES string of the molecule is COc1ccc(-c2csc(C(C#N)=Cc3ccc(C)o3)n2)cc1OC. The molecule has 0 fully saturated rings. The normalized spacial score (nSPS) is 11.2. The van der Waals surface area contributed by atoms with Gasteiger partial charge in [-0.05, 0) is 37.3 Å². The predicted molar refractivity (Wildman–Crippen MR) is 97.6 cm³/mol. The summed E-state index contributed by atoms with van der Waals surface area (Å²) in [6.45, 7) is 1.86. The maximum atomic E-state index is 9.45. The number of aryl methyl sites for hydroxylation is 1. The molecule has 0 unspecified atom stereocenters. The molecule has 0 spiro atoms. The minimum atomic E-state index is 0.464. The van der Waals surface area contributed by atoms with Gasteiger partial charge in [-0.2, -0.15) is 5.26 Å². The van der Waals surface area contributed by atoms with Crippen molar-refractivity contribution in [3.63, 3.8) is 0 Å². The summed E-state index contributed by atoms with van der Waals surface area (Å²) in [6, 6.07) is 11.5. The number of hydrogen-bond acceptors (Lipinski definition) is 6. The lowest BCUT2D eigenvalue weighted by molar-refractivity contribution is 0.355. The van der Waals surface area contributed by atoms with E-state index in [0.717, 1.165) is 17.0 Å². The van der Waals surface area contributed by atoms with E-state index >= 15 is 0 Å². The predicted octanol–water partition coefficient (Wildman–Crippen LogP) is 4.79. The van der Waals surface area contributed by atoms with Gasteiger partial charge in [0.15, 0.2) is 11.5 Å². The van der Waals surface area contributed by atoms with Crippen LogP contribution in [0.3, 0.4) is 0 Å². The number of thiazole rings is 1. The fraction of sp³-hybridized carbons (Fsp3) is 0.158. The third-order valence-corrected chi connectivity index (χ3v) is 4.46. The van der Waals surface area contributed by atoms with Crippen LogP contribution >= 0.6 is 11.3 Å². The number of hydrogen-bond donors (Lipinski definition) is 0. The number of benzene rings is 1. The van der Waals surface area contributed by atoms with Gasteiger partial charge in [-0.3, -0.25) is 0 Å². The number of rotatable bonds is 5. The first kappa shape index (κ1) is 16.8. The van der Waals surface area contributed by atoms with E-state index in [1.165, 1.54) is 11.3 Å². The number of methoxy groups -OCH3 is 2. The zero-order chi connectivity index (χ0) is 17.8. The highest BCUT2D eigenvalue weighted by Gasteiger charge is 2.12. The van der Waals surface area contributed by atoms with Gasteiger partial charge >= 0.3 is 0 Å². The minimum Gasteiger partial charge on any atom is -0.493 e. The first-order chi connectivity index (χ1) is 12.1. The summed E-state index contributed by atoms with van der Waals surface area (Å²) in [7, 11) is 3.19. The van der Waals surface area contributed by atoms with Crippen LogP contribution in [0.2, 0.25) is 0 Å². The molecule has 1 aromatic carbocycles. The smallest absolute Gasteiger partial charge is 0.161 e. The van der Waals surface area contributed by atoms with Crippen LogP contribution in [0.4, 0.5) is 0 Å². The molecule has 2 heterocycles. The van der Waals surface area contributed by atoms with Gasteiger partial charge in [-0.1, -0.05) is 0 Å². The molecule has 3 aromatic rings. The summed E-state index contributed by atoms with van der Waals surface area (Å²) in [4.78, 5) is 4.58. The quantitative estimate of drug-likeness (QED) is 0.617. The Morgan fingerprint density at radius 1 is 1.20 bits per heavy atom. The van der Waals surface area contributed by atoms with E-state index in [4.69, 9.17) is 13.9 Å². The second kappa shape index (κ2) is 7.24. The second-order valence-corrected chi connectivity index (χ2v) is 6.08. The van der Waals surface area contributed by atoms with Crippen LogP contribution in [0, 0.1) is 18.3 Å². The molecule has 5 nitrogen and oxygen atoms in total. The molecule has 0 aliphatic carbocycles. The van der Waals surface area contributed by atoms with Crippen molar-refractivity contribution in [3.05, 3.63) is 52.2 Å². The molecule has 0 N–H and O–H groups in total. The molecule has 0 atom stereocenters. The van der Waals surface area contributed by atoms with E-state index in [9.17, 15) is 5.26 Å². The van der Waals surface area contributed by atoms with E-state index in [-0.39, 0.29) is 0 Å². The summed E-state index contributed by atoms with van der Waals surface area (Å²) in [5.74, 6) is 2.73. The summed E-state index contributed by atoms with van der Waals surface area (Å²) < 4.78 is 16.1. The van der Waals surface area contributed by atoms with Crippen LogP contribution in [-0.4, -0.2) is 19.2 Å². The second-order valence-electron chi connectivity index (χ2n) is 5.23. The van der Waals surface area contributed by atoms with E-state index < -0.39 is 0 Å². The third kappa shape index (κ3) is 3.57. The Labute approximate surface area is 149 Å². The fourth-order valence-electron chi connectivity index (χ4n) is 2.34. The maximum absolute atomic E-state index is 9.45. The molecule has 6 heteroatoms. The van der Waals surface area contributed by atoms with Gasteiger partial charge in [0, 0.05) is 17.0 Å². The Balaban J connectivity index is 1.94. The summed E-state index contributed by atoms with van der Waals surface area (Å²) in [6.07, 6.45) is 1.70. The minimum absolute atomic E-state index is 0.464. The molecule has 126 valence electrons. The molecule has 0 bridgehead atoms. The first-order valence-electron chi connectivity index (χ1n) is 7.51. The highest BCUT2D eigenvalue weighted by atomic mass is 32.1. The largest absolute Gasteiger partial charge is 0.493 e. The van der Waals surface area contributed by atoms with Crippen molar-refractivity contribution in [1.82, 2.24) is 4.98 Å². The van der Waals surface area contributed by atoms with Gasteiger partial charge in [-0.25, -0.2) is 4.98 Å². The van der Waals surface area contributed by atoms with Crippen LogP contribution in [-0.2, 0) is 0 Å². The number of aromatic nitrogens is 1. The van der Waals surface area contributed by atoms with Gasteiger partial charge in [0.1, 0.15) is 22.6 Å². The monoisotopic (exact) mass is 352 g/mol. The Kier molecular flexibility index (Phi) is 4.87. The van der Waals surface area contributed by atoms with Gasteiger partial charge in [0.25, 0.3) is 0 Å². The highest BCUT2D eigenvalue weighted by molar-refractivity contribution is 7.11. The number of furan rings is 1. The summed E-state index contributed by atoms with van der Waals surface area (Å²) >= 11 is 1.41. The number of nitrogens with zero attached hydrogens (tertiary/aromatic N) is 2. The van der Waals surface area contributed by atoms with Crippen molar-refractivity contribution in [2.75, 3.05) is 14.2 Å². The van der Waals surface area contributed by atoms with Crippen LogP contribution in [0.15, 0.2) is 40.1 Å². The fourth-order valence-corrected chi connectivity index (χ4v) is 3.14. The molecule has 0 aliphatic heterocycles. The lowest BCUT2D eigenvalue weighted by Gasteiger charge is -2.08. The van der Waals surface area contributed by atoms with Crippen molar-refractivity contribution in [3.8, 4) is 28.8 Å². The average molecular weight is 352 g/mol. The molecule has 0 radical (unpaired) electrons. The van der Waals surface area contributed by atoms with Crippen LogP contribution < -0.4 is 9.47 Å². The molecule has 0 saturated carbocycles. The van der Waals surface area contributed by atoms with Crippen molar-refractivity contribution < 1.29 is 13.9 Å². The molecule has 0 amide bonds. The van der Waals surface area contributed by atoms with Crippen molar-refractivity contribution in [1.29, 1.82) is 5.26 Å². The van der Waals surface area contributed by atoms with Crippen LogP contribution in [0.1, 0.15) is 16.5 Å². The number of nitriles is 1. The topological polar surface area (TPSA) is 68.3 Å². The van der Waals surface area contributed by atoms with Gasteiger partial charge in [0.05, 0.1) is 25.5 Å². The van der Waals surface area contributed by atoms with Crippen molar-refractivity contribution in [2.45, 2.75) is 6.92 Å². The molecular formula is C19H16N2O3S. The lowest BCUT2D eigenvalue weighted by atomic mass is 10.1. The Morgan fingerprint density at radius 2 is 2.00 bits per heavy atom. The first-order valence-corrected chi connectivity index (χ1v) is 8.39. The zero-order valence-electron chi connectivity index (χ0n) is 14.1. The lowest BCUT2D eigenvalue weighted by Crippen LogP contribution is -1.91. The molecule has 0 aliphatic rings. The number of ether oxygens (including phenoxy) is 2. The Hall–Kier alpha value is -3.04. The van der Waals surface area contributed by atoms with Gasteiger partial charge in [-0.15, -0.1) is 11.3 Å². The third-order valence-electron chi connectivity index (χ3n) is 3.58. The Morgan fingerprint density at radius 3 is 2.64 bits per heavy atom.